The molecule has 100 valence electrons. The van der Waals surface area contributed by atoms with Crippen molar-refractivity contribution in [2.45, 2.75) is 38.5 Å². The van der Waals surface area contributed by atoms with Gasteiger partial charge >= 0.3 is 0 Å². The summed E-state index contributed by atoms with van der Waals surface area (Å²) in [5.41, 5.74) is 7.67. The molecule has 1 aliphatic rings. The van der Waals surface area contributed by atoms with Gasteiger partial charge in [-0.2, -0.15) is 11.8 Å². The molecule has 0 bridgehead atoms. The second-order valence-electron chi connectivity index (χ2n) is 5.33. The number of rotatable bonds is 2. The van der Waals surface area contributed by atoms with Gasteiger partial charge in [-0.1, -0.05) is 13.8 Å². The van der Waals surface area contributed by atoms with Gasteiger partial charge in [-0.3, -0.25) is 0 Å². The number of aromatic nitrogens is 2. The fourth-order valence-electron chi connectivity index (χ4n) is 2.05. The highest BCUT2D eigenvalue weighted by molar-refractivity contribution is 8.00. The first-order chi connectivity index (χ1) is 8.52. The summed E-state index contributed by atoms with van der Waals surface area (Å²) in [5, 5.41) is 0. The Morgan fingerprint density at radius 2 is 2.22 bits per heavy atom. The molecule has 2 rings (SSSR count). The van der Waals surface area contributed by atoms with E-state index in [2.05, 4.69) is 28.7 Å². The lowest BCUT2D eigenvalue weighted by Gasteiger charge is -2.23. The molecule has 0 amide bonds. The zero-order chi connectivity index (χ0) is 13.2. The van der Waals surface area contributed by atoms with Gasteiger partial charge < -0.3 is 10.6 Å². The molecule has 1 saturated heterocycles. The Morgan fingerprint density at radius 3 is 2.89 bits per heavy atom. The number of aryl methyl sites for hydroxylation is 1. The van der Waals surface area contributed by atoms with Crippen LogP contribution in [0.2, 0.25) is 0 Å². The molecule has 0 unspecified atom stereocenters. The van der Waals surface area contributed by atoms with Crippen molar-refractivity contribution >= 4 is 17.7 Å². The van der Waals surface area contributed by atoms with Crippen molar-refractivity contribution in [3.63, 3.8) is 0 Å². The molecule has 1 aliphatic heterocycles. The molecule has 2 heterocycles. The van der Waals surface area contributed by atoms with E-state index in [0.717, 1.165) is 36.0 Å². The normalized spacial score (nSPS) is 19.7. The second kappa shape index (κ2) is 5.45. The maximum absolute atomic E-state index is 5.64. The van der Waals surface area contributed by atoms with E-state index < -0.39 is 0 Å². The number of hydrogen-bond donors (Lipinski definition) is 1. The Kier molecular flexibility index (Phi) is 4.12. The highest BCUT2D eigenvalue weighted by Crippen LogP contribution is 2.31. The third-order valence-corrected chi connectivity index (χ3v) is 4.78. The van der Waals surface area contributed by atoms with Crippen LogP contribution in [-0.2, 0) is 6.54 Å². The van der Waals surface area contributed by atoms with Gasteiger partial charge in [0, 0.05) is 47.6 Å². The molecule has 0 spiro atoms. The lowest BCUT2D eigenvalue weighted by Crippen LogP contribution is -2.29. The van der Waals surface area contributed by atoms with Gasteiger partial charge in [0.1, 0.15) is 0 Å². The van der Waals surface area contributed by atoms with Crippen LogP contribution in [0.5, 0.6) is 0 Å². The summed E-state index contributed by atoms with van der Waals surface area (Å²) in [5.74, 6) is 1.98. The van der Waals surface area contributed by atoms with Crippen LogP contribution in [0.25, 0.3) is 0 Å². The molecule has 0 radical (unpaired) electrons. The first-order valence-corrected chi connectivity index (χ1v) is 7.42. The Labute approximate surface area is 113 Å². The Balaban J connectivity index is 2.14. The molecule has 2 N–H and O–H groups in total. The SMILES string of the molecule is Cc1nc(N2CCSC(C)(C)CC2)ncc1CN. The second-order valence-corrected chi connectivity index (χ2v) is 7.13. The fourth-order valence-corrected chi connectivity index (χ4v) is 3.15. The quantitative estimate of drug-likeness (QED) is 0.887. The monoisotopic (exact) mass is 266 g/mol. The van der Waals surface area contributed by atoms with Gasteiger partial charge in [-0.15, -0.1) is 0 Å². The van der Waals surface area contributed by atoms with E-state index in [1.165, 1.54) is 6.42 Å². The number of thioether (sulfide) groups is 1. The first-order valence-electron chi connectivity index (χ1n) is 6.43. The standard InChI is InChI=1S/C13H22N4S/c1-10-11(8-14)9-15-12(16-10)17-5-4-13(2,3)18-7-6-17/h9H,4-8,14H2,1-3H3. The summed E-state index contributed by atoms with van der Waals surface area (Å²) >= 11 is 2.03. The smallest absolute Gasteiger partial charge is 0.225 e. The molecule has 5 heteroatoms. The maximum Gasteiger partial charge on any atom is 0.225 e. The molecule has 0 saturated carbocycles. The minimum atomic E-state index is 0.362. The van der Waals surface area contributed by atoms with Gasteiger partial charge in [-0.25, -0.2) is 9.97 Å². The molecule has 0 aromatic carbocycles. The van der Waals surface area contributed by atoms with Crippen molar-refractivity contribution in [2.24, 2.45) is 5.73 Å². The third-order valence-electron chi connectivity index (χ3n) is 3.41. The topological polar surface area (TPSA) is 55.0 Å². The third kappa shape index (κ3) is 3.14. The summed E-state index contributed by atoms with van der Waals surface area (Å²) in [7, 11) is 0. The Morgan fingerprint density at radius 1 is 1.44 bits per heavy atom. The summed E-state index contributed by atoms with van der Waals surface area (Å²) in [6, 6.07) is 0. The lowest BCUT2D eigenvalue weighted by atomic mass is 10.1. The van der Waals surface area contributed by atoms with Crippen molar-refractivity contribution in [1.29, 1.82) is 0 Å². The van der Waals surface area contributed by atoms with Crippen LogP contribution in [0, 0.1) is 6.92 Å². The fraction of sp³-hybridized carbons (Fsp3) is 0.692. The minimum absolute atomic E-state index is 0.362. The summed E-state index contributed by atoms with van der Waals surface area (Å²) in [6.07, 6.45) is 3.03. The van der Waals surface area contributed by atoms with E-state index in [9.17, 15) is 0 Å². The zero-order valence-electron chi connectivity index (χ0n) is 11.4. The highest BCUT2D eigenvalue weighted by Gasteiger charge is 2.24. The molecule has 0 aliphatic carbocycles. The van der Waals surface area contributed by atoms with Crippen LogP contribution < -0.4 is 10.6 Å². The average molecular weight is 266 g/mol. The van der Waals surface area contributed by atoms with Crippen molar-refractivity contribution in [3.05, 3.63) is 17.5 Å². The van der Waals surface area contributed by atoms with E-state index in [-0.39, 0.29) is 0 Å². The maximum atomic E-state index is 5.64. The molecular formula is C13H22N4S. The predicted octanol–water partition coefficient (Wildman–Crippen LogP) is 1.97. The van der Waals surface area contributed by atoms with Crippen LogP contribution in [0.4, 0.5) is 5.95 Å². The largest absolute Gasteiger partial charge is 0.340 e. The molecule has 1 aromatic rings. The molecule has 4 nitrogen and oxygen atoms in total. The van der Waals surface area contributed by atoms with Crippen LogP contribution in [0.15, 0.2) is 6.20 Å². The molecule has 1 fully saturated rings. The summed E-state index contributed by atoms with van der Waals surface area (Å²) in [6.45, 7) is 9.19. The summed E-state index contributed by atoms with van der Waals surface area (Å²) < 4.78 is 0.362. The van der Waals surface area contributed by atoms with Gasteiger partial charge in [0.25, 0.3) is 0 Å². The van der Waals surface area contributed by atoms with Crippen LogP contribution in [0.3, 0.4) is 0 Å². The Hall–Kier alpha value is -0.810. The lowest BCUT2D eigenvalue weighted by molar-refractivity contribution is 0.631. The van der Waals surface area contributed by atoms with E-state index in [0.29, 0.717) is 11.3 Å². The Bertz CT molecular complexity index is 419. The van der Waals surface area contributed by atoms with Crippen LogP contribution in [0.1, 0.15) is 31.5 Å². The average Bonchev–Trinajstić information content (AvgIpc) is 2.50. The van der Waals surface area contributed by atoms with Crippen molar-refractivity contribution in [2.75, 3.05) is 23.7 Å². The highest BCUT2D eigenvalue weighted by atomic mass is 32.2. The first kappa shape index (κ1) is 13.6. The number of nitrogens with two attached hydrogens (primary N) is 1. The van der Waals surface area contributed by atoms with Crippen LogP contribution >= 0.6 is 11.8 Å². The van der Waals surface area contributed by atoms with Crippen molar-refractivity contribution in [1.82, 2.24) is 9.97 Å². The number of nitrogens with zero attached hydrogens (tertiary/aromatic N) is 3. The molecule has 1 aromatic heterocycles. The molecule has 18 heavy (non-hydrogen) atoms. The van der Waals surface area contributed by atoms with E-state index >= 15 is 0 Å². The van der Waals surface area contributed by atoms with Crippen molar-refractivity contribution < 1.29 is 0 Å². The number of hydrogen-bond acceptors (Lipinski definition) is 5. The van der Waals surface area contributed by atoms with Gasteiger partial charge in [0.2, 0.25) is 5.95 Å². The predicted molar refractivity (Wildman–Crippen MR) is 78.0 cm³/mol. The number of anilines is 1. The van der Waals surface area contributed by atoms with Gasteiger partial charge in [0.15, 0.2) is 0 Å². The van der Waals surface area contributed by atoms with E-state index in [4.69, 9.17) is 5.73 Å². The molecule has 0 atom stereocenters. The van der Waals surface area contributed by atoms with Gasteiger partial charge in [-0.05, 0) is 13.3 Å². The van der Waals surface area contributed by atoms with Crippen molar-refractivity contribution in [3.8, 4) is 0 Å². The van der Waals surface area contributed by atoms with Crippen LogP contribution in [-0.4, -0.2) is 33.6 Å². The zero-order valence-corrected chi connectivity index (χ0v) is 12.3. The van der Waals surface area contributed by atoms with Gasteiger partial charge in [0.05, 0.1) is 0 Å². The van der Waals surface area contributed by atoms with E-state index in [1.54, 1.807) is 0 Å². The summed E-state index contributed by atoms with van der Waals surface area (Å²) in [4.78, 5) is 11.3. The minimum Gasteiger partial charge on any atom is -0.340 e. The van der Waals surface area contributed by atoms with E-state index in [1.807, 2.05) is 24.9 Å². The molecular weight excluding hydrogens is 244 g/mol.